The number of hydrogen-bond acceptors (Lipinski definition) is 3. The summed E-state index contributed by atoms with van der Waals surface area (Å²) in [7, 11) is 0. The predicted octanol–water partition coefficient (Wildman–Crippen LogP) is 5.96. The third-order valence-electron chi connectivity index (χ3n) is 4.14. The highest BCUT2D eigenvalue weighted by Crippen LogP contribution is 2.35. The van der Waals surface area contributed by atoms with Gasteiger partial charge in [0.15, 0.2) is 0 Å². The van der Waals surface area contributed by atoms with Gasteiger partial charge < -0.3 is 5.32 Å². The number of thioether (sulfide) groups is 1. The maximum atomic E-state index is 12.4. The highest BCUT2D eigenvalue weighted by molar-refractivity contribution is 7.98. The Morgan fingerprint density at radius 3 is 2.39 bits per heavy atom. The molecule has 2 aromatic carbocycles. The van der Waals surface area contributed by atoms with E-state index in [1.807, 2.05) is 18.2 Å². The molecule has 0 aliphatic heterocycles. The number of rotatable bonds is 7. The summed E-state index contributed by atoms with van der Waals surface area (Å²) in [6.07, 6.45) is 0.784. The third kappa shape index (κ3) is 5.74. The number of hydrogen-bond donors (Lipinski definition) is 1. The molecule has 0 aliphatic rings. The molecule has 0 fully saturated rings. The van der Waals surface area contributed by atoms with Crippen molar-refractivity contribution in [3.8, 4) is 0 Å². The van der Waals surface area contributed by atoms with E-state index in [1.54, 1.807) is 18.2 Å². The average Bonchev–Trinajstić information content (AvgIpc) is 2.69. The molecule has 3 rings (SSSR count). The summed E-state index contributed by atoms with van der Waals surface area (Å²) in [5.41, 5.74) is 3.63. The average molecular weight is 431 g/mol. The smallest absolute Gasteiger partial charge is 0.269 e. The Balaban J connectivity index is 1.56. The molecule has 0 atom stereocenters. The molecule has 0 spiro atoms. The molecular formula is C22H20Cl2N2OS. The maximum Gasteiger partial charge on any atom is 0.269 e. The van der Waals surface area contributed by atoms with Gasteiger partial charge in [-0.2, -0.15) is 0 Å². The molecular weight excluding hydrogens is 411 g/mol. The van der Waals surface area contributed by atoms with Crippen molar-refractivity contribution in [1.82, 2.24) is 10.3 Å². The first-order valence-electron chi connectivity index (χ1n) is 8.89. The molecule has 1 amide bonds. The van der Waals surface area contributed by atoms with Crippen LogP contribution < -0.4 is 5.32 Å². The maximum absolute atomic E-state index is 12.4. The van der Waals surface area contributed by atoms with Crippen molar-refractivity contribution >= 4 is 40.9 Å². The van der Waals surface area contributed by atoms with Crippen LogP contribution in [0.5, 0.6) is 0 Å². The van der Waals surface area contributed by atoms with Gasteiger partial charge in [-0.05, 0) is 43.2 Å². The number of nitrogens with one attached hydrogen (secondary N) is 1. The van der Waals surface area contributed by atoms with Gasteiger partial charge in [0.25, 0.3) is 5.91 Å². The molecule has 28 heavy (non-hydrogen) atoms. The van der Waals surface area contributed by atoms with Crippen LogP contribution in [-0.2, 0) is 12.2 Å². The molecule has 0 unspecified atom stereocenters. The molecule has 1 N–H and O–H groups in total. The van der Waals surface area contributed by atoms with Crippen LogP contribution in [0.2, 0.25) is 10.0 Å². The lowest BCUT2D eigenvalue weighted by Crippen LogP contribution is -2.26. The van der Waals surface area contributed by atoms with Gasteiger partial charge >= 0.3 is 0 Å². The number of halogens is 2. The largest absolute Gasteiger partial charge is 0.350 e. The molecule has 6 heteroatoms. The van der Waals surface area contributed by atoms with E-state index >= 15 is 0 Å². The fourth-order valence-electron chi connectivity index (χ4n) is 2.62. The lowest BCUT2D eigenvalue weighted by atomic mass is 10.1. The van der Waals surface area contributed by atoms with E-state index in [0.29, 0.717) is 28.0 Å². The predicted molar refractivity (Wildman–Crippen MR) is 117 cm³/mol. The van der Waals surface area contributed by atoms with Gasteiger partial charge in [-0.1, -0.05) is 65.2 Å². The fourth-order valence-corrected chi connectivity index (χ4v) is 4.21. The zero-order valence-electron chi connectivity index (χ0n) is 15.4. The Morgan fingerprint density at radius 1 is 1.00 bits per heavy atom. The number of carbonyl (C=O) groups excluding carboxylic acids is 1. The van der Waals surface area contributed by atoms with Crippen LogP contribution in [-0.4, -0.2) is 17.4 Å². The van der Waals surface area contributed by atoms with Crippen LogP contribution in [0.4, 0.5) is 0 Å². The normalized spacial score (nSPS) is 10.7. The number of pyridine rings is 1. The van der Waals surface area contributed by atoms with E-state index in [1.165, 1.54) is 22.9 Å². The SMILES string of the molecule is Cc1ccc(CCNC(=O)c2cccc(CSc3c(Cl)cccc3Cl)n2)cc1. The minimum absolute atomic E-state index is 0.172. The highest BCUT2D eigenvalue weighted by atomic mass is 35.5. The van der Waals surface area contributed by atoms with Gasteiger partial charge in [0.1, 0.15) is 5.69 Å². The summed E-state index contributed by atoms with van der Waals surface area (Å²) in [4.78, 5) is 17.7. The second-order valence-corrected chi connectivity index (χ2v) is 8.15. The third-order valence-corrected chi connectivity index (χ3v) is 6.17. The van der Waals surface area contributed by atoms with Crippen molar-refractivity contribution in [2.75, 3.05) is 6.54 Å². The van der Waals surface area contributed by atoms with Gasteiger partial charge in [0.2, 0.25) is 0 Å². The fraction of sp³-hybridized carbons (Fsp3) is 0.182. The van der Waals surface area contributed by atoms with Crippen LogP contribution in [0.3, 0.4) is 0 Å². The summed E-state index contributed by atoms with van der Waals surface area (Å²) >= 11 is 13.9. The van der Waals surface area contributed by atoms with Gasteiger partial charge in [-0.3, -0.25) is 4.79 Å². The van der Waals surface area contributed by atoms with Gasteiger partial charge in [-0.15, -0.1) is 11.8 Å². The highest BCUT2D eigenvalue weighted by Gasteiger charge is 2.10. The monoisotopic (exact) mass is 430 g/mol. The van der Waals surface area contributed by atoms with E-state index in [0.717, 1.165) is 17.0 Å². The molecule has 0 aliphatic carbocycles. The summed E-state index contributed by atoms with van der Waals surface area (Å²) < 4.78 is 0. The molecule has 0 bridgehead atoms. The Hall–Kier alpha value is -2.01. The summed E-state index contributed by atoms with van der Waals surface area (Å²) in [6, 6.07) is 19.2. The number of benzene rings is 2. The minimum Gasteiger partial charge on any atom is -0.350 e. The molecule has 0 saturated carbocycles. The summed E-state index contributed by atoms with van der Waals surface area (Å²) in [5.74, 6) is 0.406. The van der Waals surface area contributed by atoms with Crippen LogP contribution in [0, 0.1) is 6.92 Å². The van der Waals surface area contributed by atoms with Crippen molar-refractivity contribution in [3.05, 3.63) is 93.2 Å². The van der Waals surface area contributed by atoms with Crippen molar-refractivity contribution in [3.63, 3.8) is 0 Å². The summed E-state index contributed by atoms with van der Waals surface area (Å²) in [6.45, 7) is 2.62. The van der Waals surface area contributed by atoms with E-state index < -0.39 is 0 Å². The van der Waals surface area contributed by atoms with E-state index in [2.05, 4.69) is 41.5 Å². The molecule has 0 radical (unpaired) electrons. The van der Waals surface area contributed by atoms with Gasteiger partial charge in [0, 0.05) is 17.2 Å². The number of nitrogens with zero attached hydrogens (tertiary/aromatic N) is 1. The molecule has 3 nitrogen and oxygen atoms in total. The second kappa shape index (κ2) is 9.97. The van der Waals surface area contributed by atoms with E-state index in [-0.39, 0.29) is 5.91 Å². The van der Waals surface area contributed by atoms with E-state index in [4.69, 9.17) is 23.2 Å². The van der Waals surface area contributed by atoms with Crippen molar-refractivity contribution in [1.29, 1.82) is 0 Å². The van der Waals surface area contributed by atoms with Crippen molar-refractivity contribution < 1.29 is 4.79 Å². The lowest BCUT2D eigenvalue weighted by molar-refractivity contribution is 0.0949. The Labute approximate surface area is 179 Å². The number of aromatic nitrogens is 1. The van der Waals surface area contributed by atoms with Crippen LogP contribution in [0.1, 0.15) is 27.3 Å². The quantitative estimate of drug-likeness (QED) is 0.469. The van der Waals surface area contributed by atoms with Crippen LogP contribution in [0.25, 0.3) is 0 Å². The molecule has 0 saturated heterocycles. The Morgan fingerprint density at radius 2 is 1.68 bits per heavy atom. The number of amides is 1. The first-order valence-corrected chi connectivity index (χ1v) is 10.6. The standard InChI is InChI=1S/C22H20Cl2N2OS/c1-15-8-10-16(11-9-15)12-13-25-22(27)20-7-2-4-17(26-20)14-28-21-18(23)5-3-6-19(21)24/h2-11H,12-14H2,1H3,(H,25,27). The second-order valence-electron chi connectivity index (χ2n) is 6.35. The Kier molecular flexibility index (Phi) is 7.37. The number of carbonyl (C=O) groups is 1. The zero-order chi connectivity index (χ0) is 19.9. The topological polar surface area (TPSA) is 42.0 Å². The molecule has 3 aromatic rings. The first kappa shape index (κ1) is 20.7. The summed E-state index contributed by atoms with van der Waals surface area (Å²) in [5, 5.41) is 4.16. The van der Waals surface area contributed by atoms with Gasteiger partial charge in [-0.25, -0.2) is 4.98 Å². The molecule has 144 valence electrons. The first-order chi connectivity index (χ1) is 13.5. The van der Waals surface area contributed by atoms with Crippen LogP contribution in [0.15, 0.2) is 65.6 Å². The Bertz CT molecular complexity index is 941. The van der Waals surface area contributed by atoms with Crippen LogP contribution >= 0.6 is 35.0 Å². The van der Waals surface area contributed by atoms with Crippen molar-refractivity contribution in [2.45, 2.75) is 24.0 Å². The molecule has 1 aromatic heterocycles. The lowest BCUT2D eigenvalue weighted by Gasteiger charge is -2.08. The van der Waals surface area contributed by atoms with E-state index in [9.17, 15) is 4.79 Å². The number of aryl methyl sites for hydroxylation is 1. The van der Waals surface area contributed by atoms with Gasteiger partial charge in [0.05, 0.1) is 15.7 Å². The molecule has 1 heterocycles. The van der Waals surface area contributed by atoms with Crippen molar-refractivity contribution in [2.24, 2.45) is 0 Å². The minimum atomic E-state index is -0.172. The zero-order valence-corrected chi connectivity index (χ0v) is 17.7.